The van der Waals surface area contributed by atoms with Gasteiger partial charge in [-0.1, -0.05) is 85.2 Å². The minimum absolute atomic E-state index is 0.0347. The fourth-order valence-electron chi connectivity index (χ4n) is 9.13. The first-order chi connectivity index (χ1) is 15.1. The van der Waals surface area contributed by atoms with Gasteiger partial charge in [0.1, 0.15) is 9.75 Å². The van der Waals surface area contributed by atoms with Crippen molar-refractivity contribution in [2.45, 2.75) is 80.3 Å². The highest BCUT2D eigenvalue weighted by atomic mass is 35.5. The first-order valence-electron chi connectivity index (χ1n) is 11.8. The topological polar surface area (TPSA) is 37.3 Å². The Morgan fingerprint density at radius 1 is 1.03 bits per heavy atom. The highest BCUT2D eigenvalue weighted by molar-refractivity contribution is 6.65. The van der Waals surface area contributed by atoms with Crippen LogP contribution in [0.5, 0.6) is 0 Å². The number of carboxylic acids is 1. The smallest absolute Gasteiger partial charge is 0.309 e. The van der Waals surface area contributed by atoms with Crippen molar-refractivity contribution in [3.8, 4) is 0 Å². The maximum Gasteiger partial charge on any atom is 0.309 e. The number of allylic oxidation sites excluding steroid dienone is 4. The summed E-state index contributed by atoms with van der Waals surface area (Å²) in [5.41, 5.74) is -0.445. The molecule has 0 aromatic rings. The number of halogens is 6. The molecule has 6 rings (SSSR count). The van der Waals surface area contributed by atoms with Crippen molar-refractivity contribution in [3.05, 3.63) is 21.7 Å². The molecule has 184 valence electrons. The van der Waals surface area contributed by atoms with Gasteiger partial charge in [-0.3, -0.25) is 4.79 Å². The normalized spacial score (nSPS) is 52.3. The van der Waals surface area contributed by atoms with E-state index in [0.717, 1.165) is 19.3 Å². The quantitative estimate of drug-likeness (QED) is 0.264. The molecule has 0 unspecified atom stereocenters. The van der Waals surface area contributed by atoms with Gasteiger partial charge in [0.25, 0.3) is 0 Å². The van der Waals surface area contributed by atoms with E-state index in [1.54, 1.807) is 0 Å². The SMILES string of the molecule is CC(C)C1=C[C@@]23CC[C@H]4[C@](C)(CCC[C@@]4(C)C(=O)O)[C@@H]2C[C@H]1[C@]1(Cl)C(Cl)=C(Cl)C(Cl)(Cl)[C@@]13Cl. The molecule has 3 saturated carbocycles. The number of fused-ring (bicyclic) bond motifs is 1. The molecule has 2 bridgehead atoms. The summed E-state index contributed by atoms with van der Waals surface area (Å²) in [4.78, 5) is 9.92. The zero-order chi connectivity index (χ0) is 24.6. The molecule has 8 heteroatoms. The van der Waals surface area contributed by atoms with Crippen LogP contribution >= 0.6 is 69.6 Å². The second kappa shape index (κ2) is 7.16. The minimum atomic E-state index is -1.65. The third-order valence-corrected chi connectivity index (χ3v) is 14.8. The second-order valence-electron chi connectivity index (χ2n) is 11.9. The van der Waals surface area contributed by atoms with Crippen LogP contribution in [0.15, 0.2) is 21.7 Å². The highest BCUT2D eigenvalue weighted by Crippen LogP contribution is 2.84. The van der Waals surface area contributed by atoms with Crippen molar-refractivity contribution in [2.75, 3.05) is 0 Å². The Bertz CT molecular complexity index is 1000. The average molecular weight is 575 g/mol. The molecule has 1 spiro atoms. The van der Waals surface area contributed by atoms with Crippen LogP contribution in [0.2, 0.25) is 0 Å². The van der Waals surface area contributed by atoms with Crippen LogP contribution < -0.4 is 0 Å². The Labute approximate surface area is 226 Å². The molecule has 33 heavy (non-hydrogen) atoms. The summed E-state index contributed by atoms with van der Waals surface area (Å²) in [7, 11) is 0. The summed E-state index contributed by atoms with van der Waals surface area (Å²) in [5.74, 6) is -0.540. The maximum atomic E-state index is 12.5. The lowest BCUT2D eigenvalue weighted by Crippen LogP contribution is -2.76. The van der Waals surface area contributed by atoms with Crippen molar-refractivity contribution in [2.24, 2.45) is 39.9 Å². The Morgan fingerprint density at radius 2 is 1.67 bits per heavy atom. The van der Waals surface area contributed by atoms with Gasteiger partial charge in [0.2, 0.25) is 0 Å². The molecule has 8 atom stereocenters. The van der Waals surface area contributed by atoms with E-state index in [9.17, 15) is 9.90 Å². The Hall–Kier alpha value is 0.690. The third kappa shape index (κ3) is 2.51. The Morgan fingerprint density at radius 3 is 2.24 bits per heavy atom. The summed E-state index contributed by atoms with van der Waals surface area (Å²) in [6, 6.07) is 0. The summed E-state index contributed by atoms with van der Waals surface area (Å²) in [6.07, 6.45) is 6.95. The Kier molecular flexibility index (Phi) is 5.50. The maximum absolute atomic E-state index is 12.5. The lowest BCUT2D eigenvalue weighted by Gasteiger charge is -2.74. The molecule has 0 amide bonds. The minimum Gasteiger partial charge on any atom is -0.481 e. The monoisotopic (exact) mass is 572 g/mol. The molecule has 0 heterocycles. The standard InChI is InChI=1S/C25H30Cl6O2/c1-12(2)13-11-22-9-6-15-20(3,7-5-8-21(15,4)19(32)33)16(22)10-14(13)23(28)17(26)18(27)24(29,30)25(22,23)31/h11-12,14-16H,5-10H2,1-4H3,(H,32,33)/t14-,15+,16+,20+,21-,22+,23+,25+/m1/s1. The predicted octanol–water partition coefficient (Wildman–Crippen LogP) is 8.73. The lowest BCUT2D eigenvalue weighted by atomic mass is 9.34. The van der Waals surface area contributed by atoms with Gasteiger partial charge in [0.05, 0.1) is 15.5 Å². The Balaban J connectivity index is 1.78. The fraction of sp³-hybridized carbons (Fsp3) is 0.800. The summed E-state index contributed by atoms with van der Waals surface area (Å²) >= 11 is 42.8. The van der Waals surface area contributed by atoms with Crippen molar-refractivity contribution in [1.82, 2.24) is 0 Å². The zero-order valence-corrected chi connectivity index (χ0v) is 23.8. The van der Waals surface area contributed by atoms with Crippen LogP contribution in [0.3, 0.4) is 0 Å². The van der Waals surface area contributed by atoms with Crippen LogP contribution in [0.1, 0.15) is 66.2 Å². The highest BCUT2D eigenvalue weighted by Gasteiger charge is 2.86. The van der Waals surface area contributed by atoms with E-state index in [0.29, 0.717) is 19.3 Å². The number of hydrogen-bond donors (Lipinski definition) is 1. The molecular formula is C25H30Cl6O2. The molecule has 0 saturated heterocycles. The van der Waals surface area contributed by atoms with E-state index in [4.69, 9.17) is 69.6 Å². The molecule has 6 aliphatic rings. The van der Waals surface area contributed by atoms with E-state index in [1.165, 1.54) is 5.57 Å². The summed E-state index contributed by atoms with van der Waals surface area (Å²) < 4.78 is -1.65. The van der Waals surface area contributed by atoms with Gasteiger partial charge in [0, 0.05) is 11.3 Å². The van der Waals surface area contributed by atoms with Gasteiger partial charge in [-0.05, 0) is 62.2 Å². The van der Waals surface area contributed by atoms with Crippen LogP contribution in [0.25, 0.3) is 0 Å². The van der Waals surface area contributed by atoms with Gasteiger partial charge < -0.3 is 5.11 Å². The predicted molar refractivity (Wildman–Crippen MR) is 138 cm³/mol. The zero-order valence-electron chi connectivity index (χ0n) is 19.3. The van der Waals surface area contributed by atoms with Gasteiger partial charge in [-0.15, -0.1) is 23.2 Å². The van der Waals surface area contributed by atoms with Gasteiger partial charge in [0.15, 0.2) is 4.33 Å². The van der Waals surface area contributed by atoms with E-state index < -0.39 is 30.9 Å². The van der Waals surface area contributed by atoms with E-state index in [-0.39, 0.29) is 39.2 Å². The molecule has 1 N–H and O–H groups in total. The fourth-order valence-corrected chi connectivity index (χ4v) is 12.2. The molecule has 0 radical (unpaired) electrons. The lowest BCUT2D eigenvalue weighted by molar-refractivity contribution is -0.187. The molecule has 2 nitrogen and oxygen atoms in total. The van der Waals surface area contributed by atoms with Gasteiger partial charge >= 0.3 is 5.97 Å². The van der Waals surface area contributed by atoms with E-state index >= 15 is 0 Å². The number of carboxylic acid groups (broad SMARTS) is 1. The van der Waals surface area contributed by atoms with Crippen molar-refractivity contribution >= 4 is 75.6 Å². The van der Waals surface area contributed by atoms with Crippen molar-refractivity contribution < 1.29 is 9.90 Å². The van der Waals surface area contributed by atoms with Crippen molar-refractivity contribution in [3.63, 3.8) is 0 Å². The number of rotatable bonds is 2. The van der Waals surface area contributed by atoms with Crippen LogP contribution in [-0.4, -0.2) is 25.2 Å². The summed E-state index contributed by atoms with van der Waals surface area (Å²) in [5, 5.41) is 10.6. The molecule has 0 aromatic heterocycles. The first kappa shape index (κ1) is 25.3. The second-order valence-corrected chi connectivity index (χ2v) is 15.2. The molecule has 0 aromatic carbocycles. The third-order valence-electron chi connectivity index (χ3n) is 10.5. The number of carbonyl (C=O) groups is 1. The number of hydrogen-bond acceptors (Lipinski definition) is 1. The molecule has 6 aliphatic carbocycles. The van der Waals surface area contributed by atoms with Crippen molar-refractivity contribution in [1.29, 1.82) is 0 Å². The summed E-state index contributed by atoms with van der Waals surface area (Å²) in [6.45, 7) is 8.50. The van der Waals surface area contributed by atoms with E-state index in [2.05, 4.69) is 26.8 Å². The molecule has 0 aliphatic heterocycles. The molecule has 3 fully saturated rings. The van der Waals surface area contributed by atoms with Gasteiger partial charge in [-0.25, -0.2) is 0 Å². The van der Waals surface area contributed by atoms with Crippen LogP contribution in [0.4, 0.5) is 0 Å². The van der Waals surface area contributed by atoms with E-state index in [1.807, 2.05) is 6.92 Å². The number of alkyl halides is 4. The first-order valence-corrected chi connectivity index (χ1v) is 14.1. The van der Waals surface area contributed by atoms with Crippen LogP contribution in [0, 0.1) is 39.9 Å². The molecular weight excluding hydrogens is 545 g/mol. The average Bonchev–Trinajstić information content (AvgIpc) is 2.85. The number of aliphatic carboxylic acids is 1. The van der Waals surface area contributed by atoms with Crippen LogP contribution in [-0.2, 0) is 4.79 Å². The van der Waals surface area contributed by atoms with Gasteiger partial charge in [-0.2, -0.15) is 0 Å². The largest absolute Gasteiger partial charge is 0.481 e.